The quantitative estimate of drug-likeness (QED) is 0.461. The maximum atomic E-state index is 5.35. The summed E-state index contributed by atoms with van der Waals surface area (Å²) in [6, 6.07) is 14.5. The Morgan fingerprint density at radius 3 is 2.62 bits per heavy atom. The second-order valence-corrected chi connectivity index (χ2v) is 3.77. The predicted octanol–water partition coefficient (Wildman–Crippen LogP) is 1.85. The molecule has 80 valence electrons. The van der Waals surface area contributed by atoms with Crippen LogP contribution in [0.5, 0.6) is 0 Å². The number of benzene rings is 2. The molecule has 0 bridgehead atoms. The van der Waals surface area contributed by atoms with Gasteiger partial charge in [-0.2, -0.15) is 0 Å². The third kappa shape index (κ3) is 2.22. The number of nitrogens with one attached hydrogen (secondary N) is 1. The first-order valence-electron chi connectivity index (χ1n) is 5.23. The van der Waals surface area contributed by atoms with E-state index in [0.717, 1.165) is 6.42 Å². The third-order valence-corrected chi connectivity index (χ3v) is 2.66. The van der Waals surface area contributed by atoms with Gasteiger partial charge in [-0.3, -0.25) is 5.84 Å². The first kappa shape index (κ1) is 10.7. The molecule has 2 aromatic rings. The summed E-state index contributed by atoms with van der Waals surface area (Å²) in [5, 5.41) is 2.47. The molecule has 2 aromatic carbocycles. The molecule has 2 nitrogen and oxygen atoms in total. The minimum absolute atomic E-state index is 0.110. The second-order valence-electron chi connectivity index (χ2n) is 3.77. The first-order valence-corrected chi connectivity index (χ1v) is 5.23. The zero-order valence-electron chi connectivity index (χ0n) is 8.98. The van der Waals surface area contributed by atoms with E-state index in [1.807, 2.05) is 12.1 Å². The molecule has 0 aromatic heterocycles. The molecule has 3 N–H and O–H groups in total. The van der Waals surface area contributed by atoms with Crippen molar-refractivity contribution in [2.45, 2.75) is 12.5 Å². The Hall–Kier alpha value is -1.82. The van der Waals surface area contributed by atoms with E-state index < -0.39 is 0 Å². The molecule has 0 saturated carbocycles. The molecule has 1 atom stereocenters. The van der Waals surface area contributed by atoms with Crippen LogP contribution in [0.15, 0.2) is 42.5 Å². The van der Waals surface area contributed by atoms with Gasteiger partial charge in [-0.05, 0) is 16.3 Å². The van der Waals surface area contributed by atoms with Crippen molar-refractivity contribution in [1.29, 1.82) is 0 Å². The van der Waals surface area contributed by atoms with Gasteiger partial charge in [0.25, 0.3) is 0 Å². The number of rotatable bonds is 3. The van der Waals surface area contributed by atoms with Gasteiger partial charge in [-0.1, -0.05) is 48.4 Å². The highest BCUT2D eigenvalue weighted by Gasteiger charge is 2.03. The molecule has 16 heavy (non-hydrogen) atoms. The summed E-state index contributed by atoms with van der Waals surface area (Å²) in [5.41, 5.74) is 3.81. The average Bonchev–Trinajstić information content (AvgIpc) is 2.35. The lowest BCUT2D eigenvalue weighted by molar-refractivity contribution is 0.634. The van der Waals surface area contributed by atoms with Crippen LogP contribution in [-0.4, -0.2) is 6.04 Å². The van der Waals surface area contributed by atoms with E-state index >= 15 is 0 Å². The Labute approximate surface area is 95.4 Å². The van der Waals surface area contributed by atoms with Gasteiger partial charge in [0.2, 0.25) is 0 Å². The molecule has 0 saturated heterocycles. The Kier molecular flexibility index (Phi) is 3.21. The Bertz CT molecular complexity index is 525. The molecule has 0 aliphatic rings. The minimum atomic E-state index is -0.110. The van der Waals surface area contributed by atoms with Crippen LogP contribution in [0.2, 0.25) is 0 Å². The van der Waals surface area contributed by atoms with Gasteiger partial charge in [0.05, 0.1) is 6.04 Å². The zero-order valence-corrected chi connectivity index (χ0v) is 8.98. The average molecular weight is 210 g/mol. The van der Waals surface area contributed by atoms with Crippen LogP contribution < -0.4 is 11.3 Å². The highest BCUT2D eigenvalue weighted by atomic mass is 15.2. The lowest BCUT2D eigenvalue weighted by atomic mass is 10.0. The normalized spacial score (nSPS) is 12.2. The Balaban J connectivity index is 2.30. The fourth-order valence-corrected chi connectivity index (χ4v) is 1.77. The fraction of sp³-hybridized carbons (Fsp3) is 0.143. The van der Waals surface area contributed by atoms with E-state index in [2.05, 4.69) is 41.7 Å². The number of nitrogens with two attached hydrogens (primary N) is 1. The molecular formula is C14H14N2. The van der Waals surface area contributed by atoms with E-state index in [-0.39, 0.29) is 6.04 Å². The highest BCUT2D eigenvalue weighted by molar-refractivity contribution is 5.83. The Morgan fingerprint density at radius 2 is 1.94 bits per heavy atom. The molecule has 0 fully saturated rings. The summed E-state index contributed by atoms with van der Waals surface area (Å²) in [5.74, 6) is 7.96. The molecule has 0 spiro atoms. The zero-order chi connectivity index (χ0) is 11.4. The summed E-state index contributed by atoms with van der Waals surface area (Å²) >= 11 is 0. The van der Waals surface area contributed by atoms with Crippen molar-refractivity contribution < 1.29 is 0 Å². The van der Waals surface area contributed by atoms with E-state index in [1.165, 1.54) is 16.3 Å². The van der Waals surface area contributed by atoms with Crippen LogP contribution in [0.3, 0.4) is 0 Å². The number of hydrogen-bond acceptors (Lipinski definition) is 2. The lowest BCUT2D eigenvalue weighted by Gasteiger charge is -2.09. The number of fused-ring (bicyclic) bond motifs is 1. The van der Waals surface area contributed by atoms with Gasteiger partial charge in [0.1, 0.15) is 0 Å². The predicted molar refractivity (Wildman–Crippen MR) is 67.6 cm³/mol. The van der Waals surface area contributed by atoms with Crippen molar-refractivity contribution in [3.05, 3.63) is 48.0 Å². The molecule has 0 aliphatic carbocycles. The molecule has 2 heteroatoms. The van der Waals surface area contributed by atoms with Gasteiger partial charge < -0.3 is 0 Å². The SMILES string of the molecule is C#CC(Cc1ccc2ccccc2c1)NN. The topological polar surface area (TPSA) is 38.0 Å². The van der Waals surface area contributed by atoms with E-state index in [9.17, 15) is 0 Å². The van der Waals surface area contributed by atoms with Crippen molar-refractivity contribution in [2.24, 2.45) is 5.84 Å². The van der Waals surface area contributed by atoms with Crippen LogP contribution in [0.25, 0.3) is 10.8 Å². The molecule has 0 radical (unpaired) electrons. The second kappa shape index (κ2) is 4.80. The maximum Gasteiger partial charge on any atom is 0.0855 e. The van der Waals surface area contributed by atoms with E-state index in [0.29, 0.717) is 0 Å². The lowest BCUT2D eigenvalue weighted by Crippen LogP contribution is -2.35. The number of terminal acetylenes is 1. The van der Waals surface area contributed by atoms with Crippen molar-refractivity contribution in [3.8, 4) is 12.3 Å². The summed E-state index contributed by atoms with van der Waals surface area (Å²) in [6.07, 6.45) is 6.10. The van der Waals surface area contributed by atoms with Crippen molar-refractivity contribution >= 4 is 10.8 Å². The monoisotopic (exact) mass is 210 g/mol. The van der Waals surface area contributed by atoms with Crippen molar-refractivity contribution in [2.75, 3.05) is 0 Å². The van der Waals surface area contributed by atoms with Crippen molar-refractivity contribution in [1.82, 2.24) is 5.43 Å². The molecule has 1 unspecified atom stereocenters. The third-order valence-electron chi connectivity index (χ3n) is 2.66. The first-order chi connectivity index (χ1) is 7.83. The smallest absolute Gasteiger partial charge is 0.0855 e. The van der Waals surface area contributed by atoms with Gasteiger partial charge in [-0.15, -0.1) is 6.42 Å². The Morgan fingerprint density at radius 1 is 1.19 bits per heavy atom. The highest BCUT2D eigenvalue weighted by Crippen LogP contribution is 2.16. The maximum absolute atomic E-state index is 5.35. The summed E-state index contributed by atoms with van der Waals surface area (Å²) < 4.78 is 0. The van der Waals surface area contributed by atoms with E-state index in [1.54, 1.807) is 0 Å². The van der Waals surface area contributed by atoms with Crippen molar-refractivity contribution in [3.63, 3.8) is 0 Å². The van der Waals surface area contributed by atoms with Crippen LogP contribution in [0.4, 0.5) is 0 Å². The van der Waals surface area contributed by atoms with Crippen LogP contribution >= 0.6 is 0 Å². The largest absolute Gasteiger partial charge is 0.270 e. The fourth-order valence-electron chi connectivity index (χ4n) is 1.77. The summed E-state index contributed by atoms with van der Waals surface area (Å²) in [7, 11) is 0. The van der Waals surface area contributed by atoms with E-state index in [4.69, 9.17) is 12.3 Å². The molecule has 0 aliphatic heterocycles. The van der Waals surface area contributed by atoms with Gasteiger partial charge in [0, 0.05) is 6.42 Å². The molecular weight excluding hydrogens is 196 g/mol. The standard InChI is InChI=1S/C14H14N2/c1-2-14(16-15)10-11-7-8-12-5-3-4-6-13(12)9-11/h1,3-9,14,16H,10,15H2. The van der Waals surface area contributed by atoms with Gasteiger partial charge in [-0.25, -0.2) is 5.43 Å². The minimum Gasteiger partial charge on any atom is -0.270 e. The van der Waals surface area contributed by atoms with Crippen LogP contribution in [0, 0.1) is 12.3 Å². The number of hydrazine groups is 1. The number of hydrogen-bond donors (Lipinski definition) is 2. The van der Waals surface area contributed by atoms with Crippen LogP contribution in [-0.2, 0) is 6.42 Å². The molecule has 2 rings (SSSR count). The summed E-state index contributed by atoms with van der Waals surface area (Å²) in [4.78, 5) is 0. The summed E-state index contributed by atoms with van der Waals surface area (Å²) in [6.45, 7) is 0. The molecule has 0 heterocycles. The van der Waals surface area contributed by atoms with Gasteiger partial charge >= 0.3 is 0 Å². The van der Waals surface area contributed by atoms with Gasteiger partial charge in [0.15, 0.2) is 0 Å². The van der Waals surface area contributed by atoms with Crippen LogP contribution in [0.1, 0.15) is 5.56 Å². The molecule has 0 amide bonds.